The molecule has 0 aromatic heterocycles. The second kappa shape index (κ2) is 5.27. The minimum atomic E-state index is -0.384. The fourth-order valence-electron chi connectivity index (χ4n) is 3.24. The molecule has 0 aliphatic carbocycles. The first kappa shape index (κ1) is 13.3. The predicted molar refractivity (Wildman–Crippen MR) is 71.1 cm³/mol. The molecule has 1 heterocycles. The van der Waals surface area contributed by atoms with Crippen LogP contribution in [0.3, 0.4) is 0 Å². The van der Waals surface area contributed by atoms with E-state index >= 15 is 0 Å². The van der Waals surface area contributed by atoms with E-state index in [1.54, 1.807) is 6.07 Å². The number of aromatic hydroxyl groups is 1. The summed E-state index contributed by atoms with van der Waals surface area (Å²) in [5.74, 6) is -0.318. The van der Waals surface area contributed by atoms with Crippen LogP contribution in [0.2, 0.25) is 0 Å². The second-order valence-electron chi connectivity index (χ2n) is 5.31. The minimum Gasteiger partial charge on any atom is -0.508 e. The molecule has 0 amide bonds. The monoisotopic (exact) mass is 251 g/mol. The van der Waals surface area contributed by atoms with E-state index in [2.05, 4.69) is 25.7 Å². The quantitative estimate of drug-likeness (QED) is 0.882. The number of nitrogens with zero attached hydrogens (tertiary/aromatic N) is 1. The lowest BCUT2D eigenvalue weighted by molar-refractivity contribution is 0.141. The maximum Gasteiger partial charge on any atom is 0.126 e. The van der Waals surface area contributed by atoms with Crippen LogP contribution in [0.25, 0.3) is 0 Å². The summed E-state index contributed by atoms with van der Waals surface area (Å²) in [7, 11) is 0. The highest BCUT2D eigenvalue weighted by atomic mass is 19.1. The highest BCUT2D eigenvalue weighted by Gasteiger charge is 2.34. The summed E-state index contributed by atoms with van der Waals surface area (Å²) >= 11 is 0. The predicted octanol–water partition coefficient (Wildman–Crippen LogP) is 3.86. The van der Waals surface area contributed by atoms with Crippen molar-refractivity contribution in [3.05, 3.63) is 29.6 Å². The average Bonchev–Trinajstić information content (AvgIpc) is 2.69. The Hall–Kier alpha value is -1.09. The van der Waals surface area contributed by atoms with E-state index < -0.39 is 0 Å². The summed E-state index contributed by atoms with van der Waals surface area (Å²) in [5, 5.41) is 9.90. The fraction of sp³-hybridized carbons (Fsp3) is 0.600. The third-order valence-corrected chi connectivity index (χ3v) is 4.21. The van der Waals surface area contributed by atoms with Crippen molar-refractivity contribution < 1.29 is 9.50 Å². The van der Waals surface area contributed by atoms with E-state index in [0.717, 1.165) is 12.0 Å². The molecule has 1 aromatic carbocycles. The van der Waals surface area contributed by atoms with Crippen molar-refractivity contribution >= 4 is 0 Å². The molecule has 1 aromatic rings. The molecular weight excluding hydrogens is 229 g/mol. The number of halogens is 1. The lowest BCUT2D eigenvalue weighted by Crippen LogP contribution is -2.36. The van der Waals surface area contributed by atoms with Crippen molar-refractivity contribution in [1.29, 1.82) is 0 Å². The van der Waals surface area contributed by atoms with Crippen molar-refractivity contribution in [2.45, 2.75) is 58.2 Å². The van der Waals surface area contributed by atoms with Gasteiger partial charge in [0.15, 0.2) is 0 Å². The van der Waals surface area contributed by atoms with Crippen molar-refractivity contribution in [2.75, 3.05) is 0 Å². The molecule has 1 aliphatic rings. The normalized spacial score (nSPS) is 26.4. The number of hydrogen-bond donors (Lipinski definition) is 1. The zero-order valence-electron chi connectivity index (χ0n) is 11.4. The Morgan fingerprint density at radius 1 is 1.44 bits per heavy atom. The summed E-state index contributed by atoms with van der Waals surface area (Å²) in [6.07, 6.45) is 3.53. The number of phenolic OH excluding ortho intramolecular Hbond substituents is 1. The molecule has 1 fully saturated rings. The molecule has 18 heavy (non-hydrogen) atoms. The van der Waals surface area contributed by atoms with E-state index in [9.17, 15) is 9.50 Å². The first-order chi connectivity index (χ1) is 8.54. The molecule has 100 valence electrons. The Balaban J connectivity index is 2.26. The molecule has 0 radical (unpaired) electrons. The number of phenols is 1. The fourth-order valence-corrected chi connectivity index (χ4v) is 3.24. The molecule has 0 bridgehead atoms. The number of likely N-dealkylation sites (tertiary alicyclic amines) is 1. The van der Waals surface area contributed by atoms with Gasteiger partial charge in [-0.2, -0.15) is 0 Å². The third kappa shape index (κ3) is 2.37. The van der Waals surface area contributed by atoms with Crippen molar-refractivity contribution in [2.24, 2.45) is 0 Å². The lowest BCUT2D eigenvalue weighted by Gasteiger charge is -2.34. The SMILES string of the molecule is CCC1CCC(C)N1C(C)c1ccc(F)cc1O. The third-order valence-electron chi connectivity index (χ3n) is 4.21. The van der Waals surface area contributed by atoms with E-state index in [1.165, 1.54) is 25.0 Å². The van der Waals surface area contributed by atoms with Gasteiger partial charge in [-0.1, -0.05) is 13.0 Å². The summed E-state index contributed by atoms with van der Waals surface area (Å²) in [6.45, 7) is 6.52. The van der Waals surface area contributed by atoms with Crippen LogP contribution in [0.5, 0.6) is 5.75 Å². The standard InChI is InChI=1S/C15H22FNO/c1-4-13-7-5-10(2)17(13)11(3)14-8-6-12(16)9-15(14)18/h6,8-11,13,18H,4-5,7H2,1-3H3. The minimum absolute atomic E-state index is 0.0662. The van der Waals surface area contributed by atoms with Gasteiger partial charge in [0, 0.05) is 29.8 Å². The Labute approximate surface area is 108 Å². The van der Waals surface area contributed by atoms with E-state index in [0.29, 0.717) is 12.1 Å². The van der Waals surface area contributed by atoms with Gasteiger partial charge in [0.1, 0.15) is 11.6 Å². The van der Waals surface area contributed by atoms with Crippen LogP contribution in [-0.2, 0) is 0 Å². The maximum absolute atomic E-state index is 13.0. The van der Waals surface area contributed by atoms with E-state index in [4.69, 9.17) is 0 Å². The maximum atomic E-state index is 13.0. The second-order valence-corrected chi connectivity index (χ2v) is 5.31. The van der Waals surface area contributed by atoms with Crippen molar-refractivity contribution in [1.82, 2.24) is 4.90 Å². The van der Waals surface area contributed by atoms with Crippen LogP contribution >= 0.6 is 0 Å². The molecule has 1 N–H and O–H groups in total. The summed E-state index contributed by atoms with van der Waals surface area (Å²) < 4.78 is 13.0. The Kier molecular flexibility index (Phi) is 3.91. The number of benzene rings is 1. The topological polar surface area (TPSA) is 23.5 Å². The van der Waals surface area contributed by atoms with E-state index in [1.807, 2.05) is 0 Å². The van der Waals surface area contributed by atoms with Crippen LogP contribution in [0.15, 0.2) is 18.2 Å². The first-order valence-corrected chi connectivity index (χ1v) is 6.80. The summed E-state index contributed by atoms with van der Waals surface area (Å²) in [6, 6.07) is 5.55. The Bertz CT molecular complexity index is 421. The van der Waals surface area contributed by atoms with Gasteiger partial charge >= 0.3 is 0 Å². The van der Waals surface area contributed by atoms with Gasteiger partial charge in [-0.3, -0.25) is 4.90 Å². The molecule has 2 nitrogen and oxygen atoms in total. The highest BCUT2D eigenvalue weighted by molar-refractivity contribution is 5.35. The van der Waals surface area contributed by atoms with Crippen LogP contribution in [0, 0.1) is 5.82 Å². The van der Waals surface area contributed by atoms with Gasteiger partial charge in [0.25, 0.3) is 0 Å². The van der Waals surface area contributed by atoms with Gasteiger partial charge in [-0.25, -0.2) is 4.39 Å². The van der Waals surface area contributed by atoms with Gasteiger partial charge in [-0.05, 0) is 39.2 Å². The van der Waals surface area contributed by atoms with Crippen molar-refractivity contribution in [3.63, 3.8) is 0 Å². The Morgan fingerprint density at radius 2 is 2.17 bits per heavy atom. The molecule has 3 atom stereocenters. The van der Waals surface area contributed by atoms with Crippen LogP contribution in [0.4, 0.5) is 4.39 Å². The summed E-state index contributed by atoms with van der Waals surface area (Å²) in [5.41, 5.74) is 0.823. The molecule has 0 saturated carbocycles. The van der Waals surface area contributed by atoms with E-state index in [-0.39, 0.29) is 17.6 Å². The lowest BCUT2D eigenvalue weighted by atomic mass is 10.0. The molecule has 3 unspecified atom stereocenters. The molecule has 2 rings (SSSR count). The molecule has 3 heteroatoms. The smallest absolute Gasteiger partial charge is 0.126 e. The molecular formula is C15H22FNO. The van der Waals surface area contributed by atoms with Crippen LogP contribution < -0.4 is 0 Å². The molecule has 1 saturated heterocycles. The molecule has 1 aliphatic heterocycles. The number of hydrogen-bond acceptors (Lipinski definition) is 2. The highest BCUT2D eigenvalue weighted by Crippen LogP contribution is 2.37. The van der Waals surface area contributed by atoms with Crippen molar-refractivity contribution in [3.8, 4) is 5.75 Å². The van der Waals surface area contributed by atoms with Crippen LogP contribution in [0.1, 0.15) is 51.6 Å². The van der Waals surface area contributed by atoms with Gasteiger partial charge in [0.2, 0.25) is 0 Å². The molecule has 0 spiro atoms. The largest absolute Gasteiger partial charge is 0.508 e. The zero-order valence-corrected chi connectivity index (χ0v) is 11.4. The van der Waals surface area contributed by atoms with Gasteiger partial charge in [-0.15, -0.1) is 0 Å². The zero-order chi connectivity index (χ0) is 13.3. The van der Waals surface area contributed by atoms with Crippen LogP contribution in [-0.4, -0.2) is 22.1 Å². The van der Waals surface area contributed by atoms with Gasteiger partial charge in [0.05, 0.1) is 0 Å². The Morgan fingerprint density at radius 3 is 2.78 bits per heavy atom. The first-order valence-electron chi connectivity index (χ1n) is 6.80. The average molecular weight is 251 g/mol. The van der Waals surface area contributed by atoms with Gasteiger partial charge < -0.3 is 5.11 Å². The summed E-state index contributed by atoms with van der Waals surface area (Å²) in [4.78, 5) is 2.45. The number of rotatable bonds is 3.